The first-order valence-electron chi connectivity index (χ1n) is 7.35. The van der Waals surface area contributed by atoms with Gasteiger partial charge < -0.3 is 9.47 Å². The Balaban J connectivity index is 1.75. The number of hydrogen-bond donors (Lipinski definition) is 1. The van der Waals surface area contributed by atoms with Crippen LogP contribution in [0.15, 0.2) is 53.4 Å². The van der Waals surface area contributed by atoms with E-state index in [4.69, 9.17) is 21.1 Å². The van der Waals surface area contributed by atoms with Gasteiger partial charge >= 0.3 is 0 Å². The minimum absolute atomic E-state index is 0.0868. The van der Waals surface area contributed by atoms with Gasteiger partial charge in [-0.3, -0.25) is 4.79 Å². The van der Waals surface area contributed by atoms with Crippen LogP contribution >= 0.6 is 11.6 Å². The predicted octanol–water partition coefficient (Wildman–Crippen LogP) is 2.63. The third kappa shape index (κ3) is 4.12. The van der Waals surface area contributed by atoms with Crippen LogP contribution in [0.2, 0.25) is 5.02 Å². The van der Waals surface area contributed by atoms with Gasteiger partial charge in [-0.2, -0.15) is 0 Å². The van der Waals surface area contributed by atoms with E-state index in [0.29, 0.717) is 35.3 Å². The fourth-order valence-electron chi connectivity index (χ4n) is 2.19. The van der Waals surface area contributed by atoms with Gasteiger partial charge in [0.05, 0.1) is 4.90 Å². The Morgan fingerprint density at radius 3 is 2.56 bits per heavy atom. The molecule has 1 aliphatic rings. The van der Waals surface area contributed by atoms with E-state index in [1.54, 1.807) is 24.3 Å². The van der Waals surface area contributed by atoms with Gasteiger partial charge in [-0.15, -0.1) is 0 Å². The highest BCUT2D eigenvalue weighted by Gasteiger charge is 2.20. The van der Waals surface area contributed by atoms with Gasteiger partial charge in [0.2, 0.25) is 0 Å². The number of benzene rings is 2. The maximum atomic E-state index is 12.3. The first-order chi connectivity index (χ1) is 12.0. The van der Waals surface area contributed by atoms with Crippen molar-refractivity contribution in [2.45, 2.75) is 4.90 Å². The van der Waals surface area contributed by atoms with E-state index in [1.807, 2.05) is 4.72 Å². The van der Waals surface area contributed by atoms with Crippen LogP contribution in [0.1, 0.15) is 5.56 Å². The zero-order valence-corrected chi connectivity index (χ0v) is 14.5. The second-order valence-electron chi connectivity index (χ2n) is 5.13. The van der Waals surface area contributed by atoms with E-state index in [-0.39, 0.29) is 4.90 Å². The fraction of sp³-hybridized carbons (Fsp3) is 0.118. The Hall–Kier alpha value is -2.51. The van der Waals surface area contributed by atoms with Crippen molar-refractivity contribution in [2.24, 2.45) is 0 Å². The van der Waals surface area contributed by atoms with E-state index in [0.717, 1.165) is 6.08 Å². The van der Waals surface area contributed by atoms with Gasteiger partial charge in [-0.25, -0.2) is 13.1 Å². The molecule has 25 heavy (non-hydrogen) atoms. The molecule has 1 amide bonds. The van der Waals surface area contributed by atoms with Crippen molar-refractivity contribution >= 4 is 33.6 Å². The number of halogens is 1. The minimum Gasteiger partial charge on any atom is -0.486 e. The second kappa shape index (κ2) is 7.16. The number of ether oxygens (including phenoxy) is 2. The number of sulfonamides is 1. The number of hydrogen-bond acceptors (Lipinski definition) is 5. The maximum absolute atomic E-state index is 12.3. The SMILES string of the molecule is O=C(C=Cc1ccccc1Cl)NS(=O)(=O)c1ccc2c(c1)OCCO2. The number of amides is 1. The van der Waals surface area contributed by atoms with Gasteiger partial charge in [0.25, 0.3) is 15.9 Å². The van der Waals surface area contributed by atoms with Crippen molar-refractivity contribution in [2.75, 3.05) is 13.2 Å². The van der Waals surface area contributed by atoms with Crippen molar-refractivity contribution in [1.82, 2.24) is 4.72 Å². The van der Waals surface area contributed by atoms with Crippen LogP contribution in [0.3, 0.4) is 0 Å². The molecule has 0 radical (unpaired) electrons. The molecule has 0 bridgehead atoms. The molecule has 0 aromatic heterocycles. The molecule has 2 aromatic carbocycles. The predicted molar refractivity (Wildman–Crippen MR) is 93.2 cm³/mol. The largest absolute Gasteiger partial charge is 0.486 e. The average Bonchev–Trinajstić information content (AvgIpc) is 2.60. The van der Waals surface area contributed by atoms with E-state index in [2.05, 4.69) is 0 Å². The van der Waals surface area contributed by atoms with Crippen LogP contribution in [0.25, 0.3) is 6.08 Å². The minimum atomic E-state index is -4.03. The molecule has 0 atom stereocenters. The highest BCUT2D eigenvalue weighted by atomic mass is 35.5. The standard InChI is InChI=1S/C17H14ClNO5S/c18-14-4-2-1-3-12(14)5-8-17(20)19-25(21,22)13-6-7-15-16(11-13)24-10-9-23-15/h1-8,11H,9-10H2,(H,19,20). The summed E-state index contributed by atoms with van der Waals surface area (Å²) >= 11 is 5.98. The number of rotatable bonds is 4. The smallest absolute Gasteiger partial charge is 0.264 e. The van der Waals surface area contributed by atoms with Gasteiger partial charge in [0, 0.05) is 17.2 Å². The topological polar surface area (TPSA) is 81.7 Å². The van der Waals surface area contributed by atoms with Gasteiger partial charge in [0.15, 0.2) is 11.5 Å². The third-order valence-corrected chi connectivity index (χ3v) is 5.07. The summed E-state index contributed by atoms with van der Waals surface area (Å²) in [6.07, 6.45) is 2.55. The lowest BCUT2D eigenvalue weighted by atomic mass is 10.2. The molecule has 6 nitrogen and oxygen atoms in total. The van der Waals surface area contributed by atoms with Crippen LogP contribution < -0.4 is 14.2 Å². The van der Waals surface area contributed by atoms with Gasteiger partial charge in [-0.1, -0.05) is 29.8 Å². The Morgan fingerprint density at radius 1 is 1.08 bits per heavy atom. The molecule has 3 rings (SSSR count). The molecule has 0 fully saturated rings. The molecule has 8 heteroatoms. The van der Waals surface area contributed by atoms with Gasteiger partial charge in [0.1, 0.15) is 13.2 Å². The van der Waals surface area contributed by atoms with Crippen LogP contribution in [-0.4, -0.2) is 27.5 Å². The lowest BCUT2D eigenvalue weighted by Gasteiger charge is -2.18. The number of nitrogens with one attached hydrogen (secondary N) is 1. The summed E-state index contributed by atoms with van der Waals surface area (Å²) in [4.78, 5) is 11.8. The number of carbonyl (C=O) groups is 1. The number of fused-ring (bicyclic) bond motifs is 1. The Labute approximate surface area is 150 Å². The van der Waals surface area contributed by atoms with Crippen LogP contribution in [0, 0.1) is 0 Å². The van der Waals surface area contributed by atoms with Crippen LogP contribution in [0.4, 0.5) is 0 Å². The Bertz CT molecular complexity index is 940. The van der Waals surface area contributed by atoms with E-state index >= 15 is 0 Å². The van der Waals surface area contributed by atoms with Crippen LogP contribution in [-0.2, 0) is 14.8 Å². The summed E-state index contributed by atoms with van der Waals surface area (Å²) in [5, 5.41) is 0.459. The van der Waals surface area contributed by atoms with Gasteiger partial charge in [-0.05, 0) is 29.8 Å². The zero-order chi connectivity index (χ0) is 17.9. The summed E-state index contributed by atoms with van der Waals surface area (Å²) in [5.41, 5.74) is 0.607. The molecule has 0 aliphatic carbocycles. The quantitative estimate of drug-likeness (QED) is 0.826. The third-order valence-electron chi connectivity index (χ3n) is 3.38. The lowest BCUT2D eigenvalue weighted by Crippen LogP contribution is -2.29. The lowest BCUT2D eigenvalue weighted by molar-refractivity contribution is -0.114. The van der Waals surface area contributed by atoms with E-state index in [1.165, 1.54) is 24.3 Å². The van der Waals surface area contributed by atoms with E-state index < -0.39 is 15.9 Å². The molecule has 0 unspecified atom stereocenters. The molecule has 1 N–H and O–H groups in total. The normalized spacial score (nSPS) is 13.6. The van der Waals surface area contributed by atoms with Crippen molar-refractivity contribution in [3.63, 3.8) is 0 Å². The molecule has 130 valence electrons. The second-order valence-corrected chi connectivity index (χ2v) is 7.22. The van der Waals surface area contributed by atoms with Crippen molar-refractivity contribution in [1.29, 1.82) is 0 Å². The summed E-state index contributed by atoms with van der Waals surface area (Å²) in [7, 11) is -4.03. The van der Waals surface area contributed by atoms with E-state index in [9.17, 15) is 13.2 Å². The molecular formula is C17H14ClNO5S. The maximum Gasteiger partial charge on any atom is 0.264 e. The molecule has 1 aliphatic heterocycles. The number of carbonyl (C=O) groups excluding carboxylic acids is 1. The molecule has 2 aromatic rings. The molecule has 1 heterocycles. The molecule has 0 saturated heterocycles. The van der Waals surface area contributed by atoms with Crippen molar-refractivity contribution in [3.05, 3.63) is 59.1 Å². The molecular weight excluding hydrogens is 366 g/mol. The monoisotopic (exact) mass is 379 g/mol. The Morgan fingerprint density at radius 2 is 1.80 bits per heavy atom. The summed E-state index contributed by atoms with van der Waals surface area (Å²) < 4.78 is 37.3. The first-order valence-corrected chi connectivity index (χ1v) is 9.21. The fourth-order valence-corrected chi connectivity index (χ4v) is 3.35. The van der Waals surface area contributed by atoms with Crippen molar-refractivity contribution in [3.8, 4) is 11.5 Å². The average molecular weight is 380 g/mol. The Kier molecular flexibility index (Phi) is 4.96. The summed E-state index contributed by atoms with van der Waals surface area (Å²) in [5.74, 6) is 0.0122. The zero-order valence-electron chi connectivity index (χ0n) is 12.9. The van der Waals surface area contributed by atoms with Crippen molar-refractivity contribution < 1.29 is 22.7 Å². The first kappa shape index (κ1) is 17.3. The highest BCUT2D eigenvalue weighted by molar-refractivity contribution is 7.90. The molecule has 0 saturated carbocycles. The highest BCUT2D eigenvalue weighted by Crippen LogP contribution is 2.32. The van der Waals surface area contributed by atoms with Crippen LogP contribution in [0.5, 0.6) is 11.5 Å². The summed E-state index contributed by atoms with van der Waals surface area (Å²) in [6.45, 7) is 0.742. The molecule has 0 spiro atoms. The summed E-state index contributed by atoms with van der Waals surface area (Å²) in [6, 6.07) is 11.1.